The molecule has 0 bridgehead atoms. The highest BCUT2D eigenvalue weighted by atomic mass is 16.5. The minimum atomic E-state index is -0.811. The number of anilines is 1. The molecule has 0 spiro atoms. The largest absolute Gasteiger partial charge is 0.489 e. The Morgan fingerprint density at radius 3 is 2.45 bits per heavy atom. The summed E-state index contributed by atoms with van der Waals surface area (Å²) in [4.78, 5) is 61.8. The minimum absolute atomic E-state index is 0.00691. The lowest BCUT2D eigenvalue weighted by molar-refractivity contribution is -0.123. The lowest BCUT2D eigenvalue weighted by atomic mass is 9.83. The summed E-state index contributed by atoms with van der Waals surface area (Å²) in [6.45, 7) is 0.0733. The van der Waals surface area contributed by atoms with Crippen LogP contribution in [0.5, 0.6) is 5.75 Å². The van der Waals surface area contributed by atoms with Gasteiger partial charge in [-0.15, -0.1) is 0 Å². The number of hydrogen-bond donors (Lipinski definition) is 3. The average Bonchev–Trinajstić information content (AvgIpc) is 3.44. The lowest BCUT2D eigenvalue weighted by Gasteiger charge is -2.32. The zero-order valence-electron chi connectivity index (χ0n) is 21.4. The predicted octanol–water partition coefficient (Wildman–Crippen LogP) is 2.89. The molecule has 0 unspecified atom stereocenters. The van der Waals surface area contributed by atoms with Gasteiger partial charge in [-0.1, -0.05) is 24.6 Å². The fourth-order valence-corrected chi connectivity index (χ4v) is 4.90. The van der Waals surface area contributed by atoms with Gasteiger partial charge in [0, 0.05) is 24.1 Å². The van der Waals surface area contributed by atoms with Gasteiger partial charge in [0.15, 0.2) is 5.82 Å². The van der Waals surface area contributed by atoms with Crippen LogP contribution in [0.4, 0.5) is 10.6 Å². The highest BCUT2D eigenvalue weighted by Gasteiger charge is 2.43. The van der Waals surface area contributed by atoms with Gasteiger partial charge in [0.05, 0.1) is 24.1 Å². The standard InChI is InChI=1S/C28H26N6O6/c35-24-10-11-33(28(39)30-24)34-26(37)20-9-6-17(12-21(20)27(34)38)15-40-19-7-4-16(5-8-19)13-25(36)29-23-14-22(31-32-23)18-2-1-3-18/h4-9,12,14,18H,1-3,10-11,13,15H2,(H,30,35,39)(H2,29,31,32,36). The Kier molecular flexibility index (Phi) is 6.50. The van der Waals surface area contributed by atoms with Crippen LogP contribution in [-0.4, -0.2) is 56.4 Å². The zero-order chi connectivity index (χ0) is 27.8. The quantitative estimate of drug-likeness (QED) is 0.370. The molecule has 6 amide bonds. The van der Waals surface area contributed by atoms with Gasteiger partial charge >= 0.3 is 6.03 Å². The van der Waals surface area contributed by atoms with Crippen LogP contribution in [0, 0.1) is 0 Å². The number of carbonyl (C=O) groups excluding carboxylic acids is 5. The summed E-state index contributed by atoms with van der Waals surface area (Å²) >= 11 is 0. The predicted molar refractivity (Wildman–Crippen MR) is 140 cm³/mol. The van der Waals surface area contributed by atoms with Crippen molar-refractivity contribution in [1.82, 2.24) is 25.5 Å². The van der Waals surface area contributed by atoms with Crippen molar-refractivity contribution < 1.29 is 28.7 Å². The number of nitrogens with zero attached hydrogens (tertiary/aromatic N) is 3. The zero-order valence-corrected chi connectivity index (χ0v) is 21.4. The number of imide groups is 2. The van der Waals surface area contributed by atoms with E-state index in [1.807, 2.05) is 6.07 Å². The van der Waals surface area contributed by atoms with E-state index in [-0.39, 0.29) is 43.0 Å². The van der Waals surface area contributed by atoms with E-state index in [2.05, 4.69) is 20.8 Å². The summed E-state index contributed by atoms with van der Waals surface area (Å²) in [6, 6.07) is 13.0. The van der Waals surface area contributed by atoms with Crippen molar-refractivity contribution in [2.75, 3.05) is 11.9 Å². The van der Waals surface area contributed by atoms with Crippen molar-refractivity contribution in [2.45, 2.75) is 44.6 Å². The number of amides is 6. The molecular formula is C28H26N6O6. The summed E-state index contributed by atoms with van der Waals surface area (Å²) in [5.41, 5.74) is 2.87. The smallest absolute Gasteiger partial charge is 0.343 e. The molecule has 6 rings (SSSR count). The molecule has 12 heteroatoms. The summed E-state index contributed by atoms with van der Waals surface area (Å²) in [5, 5.41) is 13.8. The summed E-state index contributed by atoms with van der Waals surface area (Å²) in [6.07, 6.45) is 3.70. The maximum absolute atomic E-state index is 13.0. The van der Waals surface area contributed by atoms with Crippen LogP contribution in [0.3, 0.4) is 0 Å². The van der Waals surface area contributed by atoms with Gasteiger partial charge < -0.3 is 10.1 Å². The first kappa shape index (κ1) is 25.3. The van der Waals surface area contributed by atoms with E-state index in [0.29, 0.717) is 23.0 Å². The Balaban J connectivity index is 1.03. The van der Waals surface area contributed by atoms with Crippen LogP contribution in [0.1, 0.15) is 69.1 Å². The van der Waals surface area contributed by atoms with E-state index < -0.39 is 23.8 Å². The van der Waals surface area contributed by atoms with Gasteiger partial charge in [-0.3, -0.25) is 29.6 Å². The van der Waals surface area contributed by atoms with Gasteiger partial charge in [0.1, 0.15) is 12.4 Å². The van der Waals surface area contributed by atoms with Gasteiger partial charge in [-0.25, -0.2) is 9.80 Å². The van der Waals surface area contributed by atoms with Crippen LogP contribution in [0.15, 0.2) is 48.5 Å². The molecule has 0 radical (unpaired) electrons. The van der Waals surface area contributed by atoms with E-state index in [4.69, 9.17) is 4.74 Å². The van der Waals surface area contributed by atoms with Crippen molar-refractivity contribution in [3.05, 3.63) is 76.5 Å². The van der Waals surface area contributed by atoms with E-state index in [1.165, 1.54) is 12.5 Å². The molecule has 3 heterocycles. The number of aromatic nitrogens is 2. The first-order valence-electron chi connectivity index (χ1n) is 13.1. The normalized spacial score (nSPS) is 17.0. The van der Waals surface area contributed by atoms with Crippen molar-refractivity contribution >= 4 is 35.5 Å². The molecule has 1 aromatic heterocycles. The number of urea groups is 1. The number of H-pyrrole nitrogens is 1. The van der Waals surface area contributed by atoms with E-state index in [9.17, 15) is 24.0 Å². The number of ether oxygens (including phenoxy) is 1. The third kappa shape index (κ3) is 4.91. The third-order valence-corrected chi connectivity index (χ3v) is 7.31. The van der Waals surface area contributed by atoms with Gasteiger partial charge in [-0.2, -0.15) is 10.1 Å². The summed E-state index contributed by atoms with van der Waals surface area (Å²) in [7, 11) is 0. The molecule has 12 nitrogen and oxygen atoms in total. The van der Waals surface area contributed by atoms with Crippen LogP contribution >= 0.6 is 0 Å². The third-order valence-electron chi connectivity index (χ3n) is 7.31. The van der Waals surface area contributed by atoms with Crippen molar-refractivity contribution in [3.8, 4) is 5.75 Å². The van der Waals surface area contributed by atoms with E-state index >= 15 is 0 Å². The van der Waals surface area contributed by atoms with E-state index in [0.717, 1.165) is 34.1 Å². The second kappa shape index (κ2) is 10.3. The molecule has 3 aliphatic rings. The molecule has 0 atom stereocenters. The Morgan fingerprint density at radius 2 is 1.73 bits per heavy atom. The fraction of sp³-hybridized carbons (Fsp3) is 0.286. The first-order chi connectivity index (χ1) is 19.4. The highest BCUT2D eigenvalue weighted by Crippen LogP contribution is 2.35. The van der Waals surface area contributed by atoms with Crippen LogP contribution in [0.25, 0.3) is 0 Å². The Morgan fingerprint density at radius 1 is 0.975 bits per heavy atom. The lowest BCUT2D eigenvalue weighted by Crippen LogP contribution is -2.58. The molecule has 2 fully saturated rings. The number of rotatable bonds is 8. The molecule has 204 valence electrons. The Bertz CT molecular complexity index is 1530. The number of benzene rings is 2. The second-order valence-corrected chi connectivity index (χ2v) is 10.0. The molecule has 1 saturated heterocycles. The highest BCUT2D eigenvalue weighted by molar-refractivity contribution is 6.22. The number of hydrazine groups is 1. The molecule has 3 aromatic rings. The number of hydrogen-bond acceptors (Lipinski definition) is 7. The number of carbonyl (C=O) groups is 5. The molecule has 1 aliphatic carbocycles. The van der Waals surface area contributed by atoms with Crippen LogP contribution in [0.2, 0.25) is 0 Å². The number of nitrogens with one attached hydrogen (secondary N) is 3. The average molecular weight is 543 g/mol. The molecule has 3 N–H and O–H groups in total. The first-order valence-corrected chi connectivity index (χ1v) is 13.1. The van der Waals surface area contributed by atoms with Crippen LogP contribution in [-0.2, 0) is 22.6 Å². The maximum Gasteiger partial charge on any atom is 0.343 e. The number of aromatic amines is 1. The van der Waals surface area contributed by atoms with Crippen molar-refractivity contribution in [2.24, 2.45) is 0 Å². The summed E-state index contributed by atoms with van der Waals surface area (Å²) < 4.78 is 5.85. The topological polar surface area (TPSA) is 154 Å². The van der Waals surface area contributed by atoms with E-state index in [1.54, 1.807) is 36.4 Å². The molecule has 2 aliphatic heterocycles. The SMILES string of the molecule is O=C1CCN(N2C(=O)c3ccc(COc4ccc(CC(=O)Nc5cc(C6CCC6)[nH]n5)cc4)cc3C2=O)C(=O)N1. The van der Waals surface area contributed by atoms with Crippen molar-refractivity contribution in [3.63, 3.8) is 0 Å². The minimum Gasteiger partial charge on any atom is -0.489 e. The summed E-state index contributed by atoms with van der Waals surface area (Å²) in [5.74, 6) is -0.276. The van der Waals surface area contributed by atoms with Gasteiger partial charge in [0.25, 0.3) is 11.8 Å². The maximum atomic E-state index is 13.0. The number of fused-ring (bicyclic) bond motifs is 1. The fourth-order valence-electron chi connectivity index (χ4n) is 4.90. The van der Waals surface area contributed by atoms with Crippen LogP contribution < -0.4 is 15.4 Å². The molecular weight excluding hydrogens is 516 g/mol. The van der Waals surface area contributed by atoms with Crippen molar-refractivity contribution in [1.29, 1.82) is 0 Å². The molecule has 1 saturated carbocycles. The monoisotopic (exact) mass is 542 g/mol. The molecule has 2 aromatic carbocycles. The van der Waals surface area contributed by atoms with Gasteiger partial charge in [-0.05, 0) is 48.2 Å². The van der Waals surface area contributed by atoms with Gasteiger partial charge in [0.2, 0.25) is 11.8 Å². The molecule has 40 heavy (non-hydrogen) atoms. The second-order valence-electron chi connectivity index (χ2n) is 10.0. The Labute approximate surface area is 228 Å². The Hall–Kier alpha value is -5.00.